The van der Waals surface area contributed by atoms with Gasteiger partial charge in [0, 0.05) is 28.8 Å². The molecule has 4 rings (SSSR count). The number of rotatable bonds is 4. The summed E-state index contributed by atoms with van der Waals surface area (Å²) in [5, 5.41) is 0. The Labute approximate surface area is 191 Å². The maximum absolute atomic E-state index is 13.6. The molecule has 2 heterocycles. The minimum atomic E-state index is -4.39. The first-order valence-corrected chi connectivity index (χ1v) is 10.9. The van der Waals surface area contributed by atoms with Gasteiger partial charge in [-0.15, -0.1) is 0 Å². The monoisotopic (exact) mass is 463 g/mol. The smallest absolute Gasteiger partial charge is 0.412 e. The van der Waals surface area contributed by atoms with Crippen molar-refractivity contribution in [3.8, 4) is 22.8 Å². The van der Waals surface area contributed by atoms with Crippen molar-refractivity contribution in [3.63, 3.8) is 0 Å². The summed E-state index contributed by atoms with van der Waals surface area (Å²) in [5.41, 5.74) is 2.67. The number of aryl methyl sites for hydroxylation is 1. The Hall–Kier alpha value is -2.90. The van der Waals surface area contributed by atoms with Gasteiger partial charge in [-0.1, -0.05) is 13.0 Å². The number of nitrogens with zero attached hydrogens (tertiary/aromatic N) is 1. The molecular weight excluding hydrogens is 435 g/mol. The molecule has 0 N–H and O–H groups in total. The molecule has 1 atom stereocenters. The molecule has 5 nitrogen and oxygen atoms in total. The third-order valence-electron chi connectivity index (χ3n) is 6.95. The molecule has 1 aliphatic carbocycles. The summed E-state index contributed by atoms with van der Waals surface area (Å²) in [6.07, 6.45) is -1.49. The molecule has 2 aliphatic rings. The van der Waals surface area contributed by atoms with Gasteiger partial charge in [0.15, 0.2) is 11.5 Å². The lowest BCUT2D eigenvalue weighted by Crippen LogP contribution is -2.29. The van der Waals surface area contributed by atoms with Crippen LogP contribution in [-0.4, -0.2) is 38.0 Å². The van der Waals surface area contributed by atoms with Gasteiger partial charge < -0.3 is 18.8 Å². The fourth-order valence-electron chi connectivity index (χ4n) is 5.47. The number of esters is 1. The molecule has 0 bridgehead atoms. The number of halogens is 3. The number of allylic oxidation sites excluding steroid dienone is 2. The van der Waals surface area contributed by atoms with Crippen molar-refractivity contribution in [2.75, 3.05) is 21.3 Å². The topological polar surface area (TPSA) is 49.7 Å². The van der Waals surface area contributed by atoms with Gasteiger partial charge in [0.2, 0.25) is 0 Å². The van der Waals surface area contributed by atoms with Gasteiger partial charge in [-0.2, -0.15) is 13.2 Å². The lowest BCUT2D eigenvalue weighted by atomic mass is 9.71. The normalized spacial score (nSPS) is 19.9. The Morgan fingerprint density at radius 1 is 1.09 bits per heavy atom. The van der Waals surface area contributed by atoms with Crippen molar-refractivity contribution in [1.82, 2.24) is 4.57 Å². The van der Waals surface area contributed by atoms with Crippen molar-refractivity contribution >= 4 is 5.97 Å². The average molecular weight is 463 g/mol. The molecular formula is C25H28F3NO4. The van der Waals surface area contributed by atoms with E-state index < -0.39 is 23.1 Å². The van der Waals surface area contributed by atoms with E-state index in [0.29, 0.717) is 54.1 Å². The van der Waals surface area contributed by atoms with Crippen LogP contribution >= 0.6 is 0 Å². The molecule has 0 saturated heterocycles. The Morgan fingerprint density at radius 3 is 2.36 bits per heavy atom. The molecule has 0 fully saturated rings. The highest BCUT2D eigenvalue weighted by Gasteiger charge is 2.43. The summed E-state index contributed by atoms with van der Waals surface area (Å²) in [7, 11) is 4.40. The SMILES string of the molecule is COC(=O)c1c(C2(C)C=C(C(F)(F)F)CCC2)c(C)n2c1-c1cc(OC)c(OC)cc1CC2. The number of benzene rings is 1. The second-order valence-electron chi connectivity index (χ2n) is 8.88. The minimum absolute atomic E-state index is 0.0148. The van der Waals surface area contributed by atoms with Gasteiger partial charge in [0.25, 0.3) is 0 Å². The molecule has 33 heavy (non-hydrogen) atoms. The second-order valence-corrected chi connectivity index (χ2v) is 8.88. The van der Waals surface area contributed by atoms with Crippen LogP contribution in [-0.2, 0) is 23.1 Å². The maximum Gasteiger partial charge on any atom is 0.412 e. The summed E-state index contributed by atoms with van der Waals surface area (Å²) in [4.78, 5) is 13.1. The first-order valence-electron chi connectivity index (χ1n) is 10.9. The van der Waals surface area contributed by atoms with Gasteiger partial charge in [-0.25, -0.2) is 4.79 Å². The van der Waals surface area contributed by atoms with Gasteiger partial charge in [-0.3, -0.25) is 0 Å². The van der Waals surface area contributed by atoms with Gasteiger partial charge in [0.05, 0.1) is 32.6 Å². The van der Waals surface area contributed by atoms with Crippen LogP contribution in [0.15, 0.2) is 23.8 Å². The van der Waals surface area contributed by atoms with Crippen molar-refractivity contribution in [2.45, 2.75) is 57.7 Å². The van der Waals surface area contributed by atoms with E-state index in [1.54, 1.807) is 14.0 Å². The number of hydrogen-bond acceptors (Lipinski definition) is 4. The van der Waals surface area contributed by atoms with E-state index >= 15 is 0 Å². The molecule has 0 saturated carbocycles. The molecule has 2 aromatic rings. The third-order valence-corrected chi connectivity index (χ3v) is 6.95. The van der Waals surface area contributed by atoms with E-state index in [4.69, 9.17) is 14.2 Å². The summed E-state index contributed by atoms with van der Waals surface area (Å²) < 4.78 is 58.9. The molecule has 0 radical (unpaired) electrons. The van der Waals surface area contributed by atoms with Crippen LogP contribution in [0.4, 0.5) is 13.2 Å². The standard InChI is InChI=1S/C25H28F3NO4/c1-14-21(24(2)9-6-7-16(13-24)25(26,27)28)20(23(30)33-5)22-17-12-19(32-4)18(31-3)11-15(17)8-10-29(14)22/h11-13H,6-10H2,1-5H3. The lowest BCUT2D eigenvalue weighted by molar-refractivity contribution is -0.0958. The van der Waals surface area contributed by atoms with Crippen LogP contribution in [0.1, 0.15) is 53.4 Å². The molecule has 1 aromatic heterocycles. The van der Waals surface area contributed by atoms with E-state index in [1.807, 2.05) is 23.6 Å². The van der Waals surface area contributed by atoms with E-state index in [2.05, 4.69) is 0 Å². The van der Waals surface area contributed by atoms with Gasteiger partial charge >= 0.3 is 12.1 Å². The maximum atomic E-state index is 13.6. The number of carbonyl (C=O) groups excluding carboxylic acids is 1. The highest BCUT2D eigenvalue weighted by atomic mass is 19.4. The number of hydrogen-bond donors (Lipinski definition) is 0. The van der Waals surface area contributed by atoms with E-state index in [0.717, 1.165) is 16.8 Å². The average Bonchev–Trinajstić information content (AvgIpc) is 3.10. The number of alkyl halides is 3. The highest BCUT2D eigenvalue weighted by Crippen LogP contribution is 2.49. The first-order chi connectivity index (χ1) is 15.6. The first kappa shape index (κ1) is 23.3. The number of ether oxygens (including phenoxy) is 3. The predicted molar refractivity (Wildman–Crippen MR) is 118 cm³/mol. The summed E-state index contributed by atoms with van der Waals surface area (Å²) in [5.74, 6) is 0.548. The molecule has 0 amide bonds. The van der Waals surface area contributed by atoms with Crippen LogP contribution in [0.2, 0.25) is 0 Å². The highest BCUT2D eigenvalue weighted by molar-refractivity contribution is 6.00. The van der Waals surface area contributed by atoms with Crippen LogP contribution in [0.25, 0.3) is 11.3 Å². The fraction of sp³-hybridized carbons (Fsp3) is 0.480. The Balaban J connectivity index is 2.02. The molecule has 8 heteroatoms. The second kappa shape index (κ2) is 8.15. The Morgan fingerprint density at radius 2 is 1.76 bits per heavy atom. The predicted octanol–water partition coefficient (Wildman–Crippen LogP) is 5.75. The van der Waals surface area contributed by atoms with E-state index in [-0.39, 0.29) is 6.42 Å². The quantitative estimate of drug-likeness (QED) is 0.428. The number of fused-ring (bicyclic) bond motifs is 3. The van der Waals surface area contributed by atoms with Crippen molar-refractivity contribution in [2.24, 2.45) is 0 Å². The van der Waals surface area contributed by atoms with Crippen molar-refractivity contribution in [1.29, 1.82) is 0 Å². The van der Waals surface area contributed by atoms with Crippen LogP contribution in [0, 0.1) is 6.92 Å². The lowest BCUT2D eigenvalue weighted by Gasteiger charge is -2.33. The zero-order chi connectivity index (χ0) is 24.1. The molecule has 178 valence electrons. The van der Waals surface area contributed by atoms with Crippen LogP contribution in [0.3, 0.4) is 0 Å². The number of aromatic nitrogens is 1. The number of carbonyl (C=O) groups is 1. The fourth-order valence-corrected chi connectivity index (χ4v) is 5.47. The van der Waals surface area contributed by atoms with Crippen molar-refractivity contribution < 1.29 is 32.2 Å². The zero-order valence-corrected chi connectivity index (χ0v) is 19.5. The van der Waals surface area contributed by atoms with Gasteiger partial charge in [-0.05, 0) is 55.9 Å². The number of methoxy groups -OCH3 is 3. The van der Waals surface area contributed by atoms with E-state index in [1.165, 1.54) is 20.3 Å². The van der Waals surface area contributed by atoms with Gasteiger partial charge in [0.1, 0.15) is 0 Å². The minimum Gasteiger partial charge on any atom is -0.493 e. The summed E-state index contributed by atoms with van der Waals surface area (Å²) >= 11 is 0. The largest absolute Gasteiger partial charge is 0.493 e. The Bertz CT molecular complexity index is 1150. The molecule has 1 aromatic carbocycles. The summed E-state index contributed by atoms with van der Waals surface area (Å²) in [6, 6.07) is 3.72. The van der Waals surface area contributed by atoms with Crippen molar-refractivity contribution in [3.05, 3.63) is 46.2 Å². The van der Waals surface area contributed by atoms with Crippen LogP contribution < -0.4 is 9.47 Å². The van der Waals surface area contributed by atoms with E-state index in [9.17, 15) is 18.0 Å². The van der Waals surface area contributed by atoms with Crippen LogP contribution in [0.5, 0.6) is 11.5 Å². The zero-order valence-electron chi connectivity index (χ0n) is 19.5. The molecule has 1 aliphatic heterocycles. The Kier molecular flexibility index (Phi) is 5.75. The summed E-state index contributed by atoms with van der Waals surface area (Å²) in [6.45, 7) is 4.26. The molecule has 0 spiro atoms. The third kappa shape index (κ3) is 3.69. The molecule has 1 unspecified atom stereocenters.